The average molecular weight is 219 g/mol. The molecule has 14 heavy (non-hydrogen) atoms. The Balaban J connectivity index is 2.40. The number of carbonyl (C=O) groups excluding carboxylic acids is 1. The van der Waals surface area contributed by atoms with Crippen LogP contribution in [0.4, 0.5) is 0 Å². The topological polar surface area (TPSA) is 96.2 Å². The summed E-state index contributed by atoms with van der Waals surface area (Å²) in [5.41, 5.74) is 0.966. The van der Waals surface area contributed by atoms with Crippen LogP contribution in [-0.4, -0.2) is 27.9 Å². The SMILES string of the molecule is CC(=O)C1=NC=C(COP(=O)(O)O)C1. The number of carbonyl (C=O) groups is 1. The summed E-state index contributed by atoms with van der Waals surface area (Å²) in [7, 11) is -4.44. The van der Waals surface area contributed by atoms with Gasteiger partial charge in [0.25, 0.3) is 0 Å². The second kappa shape index (κ2) is 4.14. The number of nitrogens with zero attached hydrogens (tertiary/aromatic N) is 1. The average Bonchev–Trinajstić information content (AvgIpc) is 2.47. The molecule has 1 aliphatic heterocycles. The van der Waals surface area contributed by atoms with Crippen LogP contribution in [0.15, 0.2) is 16.8 Å². The van der Waals surface area contributed by atoms with Crippen molar-refractivity contribution >= 4 is 19.3 Å². The highest BCUT2D eigenvalue weighted by molar-refractivity contribution is 7.46. The number of hydrogen-bond acceptors (Lipinski definition) is 4. The first kappa shape index (κ1) is 11.3. The summed E-state index contributed by atoms with van der Waals surface area (Å²) in [5.74, 6) is -0.146. The molecular formula is C7H10NO5P. The van der Waals surface area contributed by atoms with Gasteiger partial charge in [-0.1, -0.05) is 0 Å². The molecule has 78 valence electrons. The van der Waals surface area contributed by atoms with Gasteiger partial charge in [0.2, 0.25) is 0 Å². The lowest BCUT2D eigenvalue weighted by atomic mass is 10.1. The third kappa shape index (κ3) is 3.51. The van der Waals surface area contributed by atoms with E-state index in [-0.39, 0.29) is 12.4 Å². The van der Waals surface area contributed by atoms with Gasteiger partial charge in [0.15, 0.2) is 5.78 Å². The maximum absolute atomic E-state index is 10.8. The molecule has 2 N–H and O–H groups in total. The molecule has 0 saturated carbocycles. The van der Waals surface area contributed by atoms with Crippen molar-refractivity contribution in [3.05, 3.63) is 11.8 Å². The van der Waals surface area contributed by atoms with Crippen molar-refractivity contribution in [2.75, 3.05) is 6.61 Å². The Bertz CT molecular complexity index is 353. The van der Waals surface area contributed by atoms with E-state index in [1.807, 2.05) is 0 Å². The smallest absolute Gasteiger partial charge is 0.303 e. The number of phosphoric acid groups is 1. The molecule has 1 rings (SSSR count). The minimum atomic E-state index is -4.44. The lowest BCUT2D eigenvalue weighted by Crippen LogP contribution is -2.08. The fraction of sp³-hybridized carbons (Fsp3) is 0.429. The van der Waals surface area contributed by atoms with Gasteiger partial charge in [-0.3, -0.25) is 14.3 Å². The van der Waals surface area contributed by atoms with Crippen LogP contribution in [0.25, 0.3) is 0 Å². The number of phosphoric ester groups is 1. The van der Waals surface area contributed by atoms with E-state index in [9.17, 15) is 9.36 Å². The molecule has 7 heteroatoms. The van der Waals surface area contributed by atoms with E-state index in [4.69, 9.17) is 9.79 Å². The molecular weight excluding hydrogens is 209 g/mol. The van der Waals surface area contributed by atoms with Crippen LogP contribution in [-0.2, 0) is 13.9 Å². The van der Waals surface area contributed by atoms with Crippen LogP contribution in [0.5, 0.6) is 0 Å². The van der Waals surface area contributed by atoms with Gasteiger partial charge in [-0.25, -0.2) is 4.57 Å². The van der Waals surface area contributed by atoms with Crippen LogP contribution in [0, 0.1) is 0 Å². The van der Waals surface area contributed by atoms with E-state index >= 15 is 0 Å². The van der Waals surface area contributed by atoms with Crippen molar-refractivity contribution in [3.8, 4) is 0 Å². The van der Waals surface area contributed by atoms with Crippen LogP contribution in [0.3, 0.4) is 0 Å². The van der Waals surface area contributed by atoms with Crippen molar-refractivity contribution in [1.82, 2.24) is 0 Å². The normalized spacial score (nSPS) is 16.5. The standard InChI is InChI=1S/C7H10NO5P/c1-5(9)7-2-6(3-8-7)4-13-14(10,11)12/h3H,2,4H2,1H3,(H2,10,11,12). The second-order valence-electron chi connectivity index (χ2n) is 2.86. The Morgan fingerprint density at radius 2 is 2.36 bits per heavy atom. The summed E-state index contributed by atoms with van der Waals surface area (Å²) in [5, 5.41) is 0. The van der Waals surface area contributed by atoms with Crippen LogP contribution < -0.4 is 0 Å². The molecule has 1 aliphatic rings. The number of ketones is 1. The number of hydrogen-bond donors (Lipinski definition) is 2. The molecule has 0 aromatic heterocycles. The van der Waals surface area contributed by atoms with E-state index in [1.54, 1.807) is 0 Å². The first-order valence-electron chi connectivity index (χ1n) is 3.84. The third-order valence-corrected chi connectivity index (χ3v) is 2.09. The fourth-order valence-corrected chi connectivity index (χ4v) is 1.28. The molecule has 0 fully saturated rings. The van der Waals surface area contributed by atoms with Gasteiger partial charge >= 0.3 is 7.82 Å². The van der Waals surface area contributed by atoms with Crippen molar-refractivity contribution in [2.24, 2.45) is 4.99 Å². The molecule has 0 aromatic rings. The van der Waals surface area contributed by atoms with Crippen molar-refractivity contribution in [1.29, 1.82) is 0 Å². The minimum Gasteiger partial charge on any atom is -0.303 e. The lowest BCUT2D eigenvalue weighted by molar-refractivity contribution is -0.111. The zero-order valence-electron chi connectivity index (χ0n) is 7.51. The molecule has 0 spiro atoms. The molecule has 0 radical (unpaired) electrons. The predicted octanol–water partition coefficient (Wildman–Crippen LogP) is 0.413. The summed E-state index contributed by atoms with van der Waals surface area (Å²) in [6.07, 6.45) is 1.70. The van der Waals surface area contributed by atoms with Gasteiger partial charge in [-0.05, 0) is 5.57 Å². The largest absolute Gasteiger partial charge is 0.469 e. The fourth-order valence-electron chi connectivity index (χ4n) is 0.946. The Labute approximate surface area is 80.5 Å². The van der Waals surface area contributed by atoms with E-state index in [0.29, 0.717) is 17.7 Å². The van der Waals surface area contributed by atoms with Gasteiger partial charge in [-0.2, -0.15) is 0 Å². The molecule has 0 aromatic carbocycles. The molecule has 0 aliphatic carbocycles. The zero-order chi connectivity index (χ0) is 10.8. The van der Waals surface area contributed by atoms with Gasteiger partial charge in [0.1, 0.15) is 0 Å². The highest BCUT2D eigenvalue weighted by atomic mass is 31.2. The summed E-state index contributed by atoms with van der Waals surface area (Å²) in [4.78, 5) is 31.4. The molecule has 6 nitrogen and oxygen atoms in total. The quantitative estimate of drug-likeness (QED) is 0.667. The summed E-state index contributed by atoms with van der Waals surface area (Å²) < 4.78 is 14.6. The Morgan fingerprint density at radius 1 is 1.71 bits per heavy atom. The number of aliphatic imine (C=N–C) groups is 1. The highest BCUT2D eigenvalue weighted by Gasteiger charge is 2.18. The minimum absolute atomic E-state index is 0.146. The number of Topliss-reactive ketones (excluding diaryl/α,β-unsaturated/α-hetero) is 1. The van der Waals surface area contributed by atoms with E-state index < -0.39 is 7.82 Å². The van der Waals surface area contributed by atoms with Crippen LogP contribution >= 0.6 is 7.82 Å². The van der Waals surface area contributed by atoms with Crippen LogP contribution in [0.2, 0.25) is 0 Å². The van der Waals surface area contributed by atoms with Crippen molar-refractivity contribution in [3.63, 3.8) is 0 Å². The monoisotopic (exact) mass is 219 g/mol. The third-order valence-electron chi connectivity index (χ3n) is 1.62. The molecule has 0 atom stereocenters. The van der Waals surface area contributed by atoms with E-state index in [2.05, 4.69) is 9.52 Å². The Hall–Kier alpha value is -0.810. The first-order valence-corrected chi connectivity index (χ1v) is 5.37. The summed E-state index contributed by atoms with van der Waals surface area (Å²) >= 11 is 0. The van der Waals surface area contributed by atoms with Crippen LogP contribution in [0.1, 0.15) is 13.3 Å². The van der Waals surface area contributed by atoms with E-state index in [0.717, 1.165) is 0 Å². The molecule has 0 bridgehead atoms. The van der Waals surface area contributed by atoms with Gasteiger partial charge < -0.3 is 9.79 Å². The Morgan fingerprint density at radius 3 is 2.79 bits per heavy atom. The summed E-state index contributed by atoms with van der Waals surface area (Å²) in [6.45, 7) is 1.18. The van der Waals surface area contributed by atoms with Crippen molar-refractivity contribution < 1.29 is 23.7 Å². The Kier molecular flexibility index (Phi) is 3.34. The second-order valence-corrected chi connectivity index (χ2v) is 4.10. The zero-order valence-corrected chi connectivity index (χ0v) is 8.40. The van der Waals surface area contributed by atoms with Gasteiger partial charge in [0.05, 0.1) is 12.3 Å². The summed E-state index contributed by atoms with van der Waals surface area (Å²) in [6, 6.07) is 0. The molecule has 0 unspecified atom stereocenters. The van der Waals surface area contributed by atoms with Gasteiger partial charge in [0, 0.05) is 19.5 Å². The molecule has 1 heterocycles. The maximum atomic E-state index is 10.8. The van der Waals surface area contributed by atoms with E-state index in [1.165, 1.54) is 13.1 Å². The highest BCUT2D eigenvalue weighted by Crippen LogP contribution is 2.36. The first-order chi connectivity index (χ1) is 6.38. The molecule has 0 amide bonds. The lowest BCUT2D eigenvalue weighted by Gasteiger charge is -2.04. The van der Waals surface area contributed by atoms with Gasteiger partial charge in [-0.15, -0.1) is 0 Å². The number of rotatable bonds is 4. The van der Waals surface area contributed by atoms with Crippen molar-refractivity contribution in [2.45, 2.75) is 13.3 Å². The maximum Gasteiger partial charge on any atom is 0.469 e. The molecule has 0 saturated heterocycles. The predicted molar refractivity (Wildman–Crippen MR) is 48.8 cm³/mol.